The van der Waals surface area contributed by atoms with E-state index in [2.05, 4.69) is 4.98 Å². The van der Waals surface area contributed by atoms with Crippen molar-refractivity contribution in [3.05, 3.63) is 28.4 Å². The third-order valence-corrected chi connectivity index (χ3v) is 4.01. The maximum Gasteiger partial charge on any atom is 0.303 e. The van der Waals surface area contributed by atoms with Crippen LogP contribution in [0.5, 0.6) is 0 Å². The number of nitrogens with zero attached hydrogens (tertiary/aromatic N) is 2. The van der Waals surface area contributed by atoms with Gasteiger partial charge in [-0.2, -0.15) is 0 Å². The summed E-state index contributed by atoms with van der Waals surface area (Å²) in [6.07, 6.45) is 1.24. The summed E-state index contributed by atoms with van der Waals surface area (Å²) in [5, 5.41) is 18.6. The minimum absolute atomic E-state index is 0.0940. The Labute approximate surface area is 109 Å². The number of carbonyl (C=O) groups is 1. The second kappa shape index (κ2) is 6.23. The standard InChI is InChI=1S/C10H12N2O6S/c13-10(14)3-1-2-6-19(17,18)9-5-4-8(7-11-9)12(15)16/h4-5,7H,1-3,6H2,(H,13,14). The van der Waals surface area contributed by atoms with Gasteiger partial charge in [-0.1, -0.05) is 0 Å². The maximum absolute atomic E-state index is 11.8. The summed E-state index contributed by atoms with van der Waals surface area (Å²) in [7, 11) is -3.63. The fourth-order valence-corrected chi connectivity index (χ4v) is 2.62. The molecule has 0 unspecified atom stereocenters. The third kappa shape index (κ3) is 4.62. The normalized spacial score (nSPS) is 11.2. The summed E-state index contributed by atoms with van der Waals surface area (Å²) >= 11 is 0. The molecule has 1 heterocycles. The molecule has 0 radical (unpaired) electrons. The van der Waals surface area contributed by atoms with E-state index in [-0.39, 0.29) is 35.7 Å². The van der Waals surface area contributed by atoms with E-state index in [1.54, 1.807) is 0 Å². The lowest BCUT2D eigenvalue weighted by molar-refractivity contribution is -0.385. The van der Waals surface area contributed by atoms with Gasteiger partial charge in [0.2, 0.25) is 0 Å². The highest BCUT2D eigenvalue weighted by Gasteiger charge is 2.17. The highest BCUT2D eigenvalue weighted by molar-refractivity contribution is 7.91. The molecule has 104 valence electrons. The van der Waals surface area contributed by atoms with Crippen LogP contribution in [-0.4, -0.2) is 35.2 Å². The van der Waals surface area contributed by atoms with Crippen molar-refractivity contribution < 1.29 is 23.2 Å². The second-order valence-corrected chi connectivity index (χ2v) is 5.84. The van der Waals surface area contributed by atoms with Crippen LogP contribution in [0, 0.1) is 10.1 Å². The van der Waals surface area contributed by atoms with Gasteiger partial charge in [0, 0.05) is 12.5 Å². The fourth-order valence-electron chi connectivity index (χ4n) is 1.34. The van der Waals surface area contributed by atoms with Crippen molar-refractivity contribution in [2.24, 2.45) is 0 Å². The highest BCUT2D eigenvalue weighted by Crippen LogP contribution is 2.14. The largest absolute Gasteiger partial charge is 0.481 e. The van der Waals surface area contributed by atoms with E-state index in [0.29, 0.717) is 0 Å². The van der Waals surface area contributed by atoms with Crippen LogP contribution >= 0.6 is 0 Å². The topological polar surface area (TPSA) is 127 Å². The van der Waals surface area contributed by atoms with Crippen molar-refractivity contribution in [3.63, 3.8) is 0 Å². The number of pyridine rings is 1. The second-order valence-electron chi connectivity index (χ2n) is 3.78. The predicted octanol–water partition coefficient (Wildman–Crippen LogP) is 1.02. The molecule has 1 N–H and O–H groups in total. The first kappa shape index (κ1) is 15.0. The Bertz CT molecular complexity index is 566. The van der Waals surface area contributed by atoms with E-state index >= 15 is 0 Å². The molecule has 0 saturated heterocycles. The SMILES string of the molecule is O=C(O)CCCCS(=O)(=O)c1ccc([N+](=O)[O-])cn1. The van der Waals surface area contributed by atoms with Crippen molar-refractivity contribution in [1.29, 1.82) is 0 Å². The molecule has 0 aromatic carbocycles. The Kier molecular flexibility index (Phi) is 4.93. The van der Waals surface area contributed by atoms with Crippen LogP contribution in [0.4, 0.5) is 5.69 Å². The lowest BCUT2D eigenvalue weighted by Gasteiger charge is -2.02. The highest BCUT2D eigenvalue weighted by atomic mass is 32.2. The molecule has 0 saturated carbocycles. The smallest absolute Gasteiger partial charge is 0.303 e. The lowest BCUT2D eigenvalue weighted by atomic mass is 10.3. The van der Waals surface area contributed by atoms with Crippen LogP contribution in [0.1, 0.15) is 19.3 Å². The van der Waals surface area contributed by atoms with Crippen LogP contribution in [0.15, 0.2) is 23.4 Å². The van der Waals surface area contributed by atoms with Gasteiger partial charge < -0.3 is 5.11 Å². The number of hydrogen-bond acceptors (Lipinski definition) is 6. The molecule has 0 aliphatic heterocycles. The summed E-state index contributed by atoms with van der Waals surface area (Å²) in [6.45, 7) is 0. The molecule has 0 aliphatic carbocycles. The Balaban J connectivity index is 2.66. The lowest BCUT2D eigenvalue weighted by Crippen LogP contribution is -2.09. The summed E-state index contributed by atoms with van der Waals surface area (Å²) in [6, 6.07) is 2.14. The van der Waals surface area contributed by atoms with E-state index in [4.69, 9.17) is 5.11 Å². The average Bonchev–Trinajstić information content (AvgIpc) is 2.34. The number of aromatic nitrogens is 1. The van der Waals surface area contributed by atoms with Gasteiger partial charge in [-0.3, -0.25) is 14.9 Å². The first-order valence-corrected chi connectivity index (χ1v) is 7.03. The summed E-state index contributed by atoms with van der Waals surface area (Å²) in [5.74, 6) is -1.21. The molecule has 1 aromatic rings. The third-order valence-electron chi connectivity index (χ3n) is 2.30. The minimum atomic E-state index is -3.63. The molecular formula is C10H12N2O6S. The molecule has 19 heavy (non-hydrogen) atoms. The Morgan fingerprint density at radius 3 is 2.53 bits per heavy atom. The maximum atomic E-state index is 11.8. The van der Waals surface area contributed by atoms with Crippen molar-refractivity contribution >= 4 is 21.5 Å². The van der Waals surface area contributed by atoms with Gasteiger partial charge in [0.1, 0.15) is 6.20 Å². The molecular weight excluding hydrogens is 276 g/mol. The zero-order valence-corrected chi connectivity index (χ0v) is 10.7. The summed E-state index contributed by atoms with van der Waals surface area (Å²) < 4.78 is 23.6. The monoisotopic (exact) mass is 288 g/mol. The van der Waals surface area contributed by atoms with Crippen molar-refractivity contribution in [2.75, 3.05) is 5.75 Å². The molecule has 0 atom stereocenters. The fraction of sp³-hybridized carbons (Fsp3) is 0.400. The van der Waals surface area contributed by atoms with Crippen LogP contribution in [0.2, 0.25) is 0 Å². The van der Waals surface area contributed by atoms with Gasteiger partial charge in [0.25, 0.3) is 5.69 Å². The van der Waals surface area contributed by atoms with Gasteiger partial charge in [0.05, 0.1) is 10.7 Å². The Hall–Kier alpha value is -2.03. The van der Waals surface area contributed by atoms with Gasteiger partial charge in [-0.25, -0.2) is 13.4 Å². The van der Waals surface area contributed by atoms with Crippen LogP contribution in [0.25, 0.3) is 0 Å². The zero-order valence-electron chi connectivity index (χ0n) is 9.85. The van der Waals surface area contributed by atoms with Crippen LogP contribution < -0.4 is 0 Å². The number of hydrogen-bond donors (Lipinski definition) is 1. The van der Waals surface area contributed by atoms with E-state index in [1.807, 2.05) is 0 Å². The first-order chi connectivity index (χ1) is 8.83. The molecule has 0 amide bonds. The molecule has 0 fully saturated rings. The number of rotatable bonds is 7. The average molecular weight is 288 g/mol. The van der Waals surface area contributed by atoms with E-state index in [0.717, 1.165) is 18.3 Å². The van der Waals surface area contributed by atoms with Crippen molar-refractivity contribution in [2.45, 2.75) is 24.3 Å². The van der Waals surface area contributed by atoms with Crippen molar-refractivity contribution in [1.82, 2.24) is 4.98 Å². The molecule has 1 rings (SSSR count). The zero-order chi connectivity index (χ0) is 14.5. The number of unbranched alkanes of at least 4 members (excludes halogenated alkanes) is 1. The molecule has 0 spiro atoms. The minimum Gasteiger partial charge on any atom is -0.481 e. The van der Waals surface area contributed by atoms with Gasteiger partial charge in [-0.05, 0) is 18.9 Å². The Morgan fingerprint density at radius 2 is 2.05 bits per heavy atom. The molecule has 1 aromatic heterocycles. The number of carboxylic acid groups (broad SMARTS) is 1. The summed E-state index contributed by atoms with van der Waals surface area (Å²) in [5.41, 5.74) is -0.287. The number of carboxylic acids is 1. The molecule has 0 bridgehead atoms. The van der Waals surface area contributed by atoms with Crippen molar-refractivity contribution in [3.8, 4) is 0 Å². The number of nitro groups is 1. The first-order valence-electron chi connectivity index (χ1n) is 5.38. The quantitative estimate of drug-likeness (QED) is 0.450. The van der Waals surface area contributed by atoms with E-state index in [1.165, 1.54) is 0 Å². The summed E-state index contributed by atoms with van der Waals surface area (Å²) in [4.78, 5) is 23.5. The molecule has 8 nitrogen and oxygen atoms in total. The van der Waals surface area contributed by atoms with Crippen LogP contribution in [-0.2, 0) is 14.6 Å². The van der Waals surface area contributed by atoms with E-state index in [9.17, 15) is 23.3 Å². The molecule has 0 aliphatic rings. The van der Waals surface area contributed by atoms with Gasteiger partial charge in [-0.15, -0.1) is 0 Å². The predicted molar refractivity (Wildman–Crippen MR) is 64.4 cm³/mol. The van der Waals surface area contributed by atoms with Gasteiger partial charge in [0.15, 0.2) is 14.9 Å². The number of sulfone groups is 1. The van der Waals surface area contributed by atoms with Crippen LogP contribution in [0.3, 0.4) is 0 Å². The molecule has 9 heteroatoms. The number of aliphatic carboxylic acids is 1. The Morgan fingerprint density at radius 1 is 1.37 bits per heavy atom. The van der Waals surface area contributed by atoms with E-state index < -0.39 is 20.7 Å². The van der Waals surface area contributed by atoms with Gasteiger partial charge >= 0.3 is 5.97 Å².